The average Bonchev–Trinajstić information content (AvgIpc) is 3.05. The van der Waals surface area contributed by atoms with Crippen LogP contribution in [0.25, 0.3) is 0 Å². The van der Waals surface area contributed by atoms with Crippen LogP contribution in [0.1, 0.15) is 36.1 Å². The van der Waals surface area contributed by atoms with Crippen molar-refractivity contribution in [3.05, 3.63) is 125 Å². The van der Waals surface area contributed by atoms with Gasteiger partial charge in [-0.2, -0.15) is 0 Å². The lowest BCUT2D eigenvalue weighted by Crippen LogP contribution is -2.53. The molecule has 46 heavy (non-hydrogen) atoms. The number of amides is 2. The Morgan fingerprint density at radius 2 is 1.39 bits per heavy atom. The number of sulfonamides is 1. The minimum Gasteiger partial charge on any atom is -0.495 e. The van der Waals surface area contributed by atoms with E-state index in [2.05, 4.69) is 5.32 Å². The van der Waals surface area contributed by atoms with E-state index in [0.717, 1.165) is 26.6 Å². The number of benzene rings is 4. The zero-order valence-electron chi connectivity index (χ0n) is 27.1. The summed E-state index contributed by atoms with van der Waals surface area (Å²) < 4.78 is 35.4. The molecule has 242 valence electrons. The highest BCUT2D eigenvalue weighted by Crippen LogP contribution is 2.34. The Bertz CT molecular complexity index is 1710. The van der Waals surface area contributed by atoms with Gasteiger partial charge in [0, 0.05) is 19.5 Å². The summed E-state index contributed by atoms with van der Waals surface area (Å²) in [4.78, 5) is 30.0. The van der Waals surface area contributed by atoms with Crippen molar-refractivity contribution in [3.63, 3.8) is 0 Å². The normalized spacial score (nSPS) is 12.0. The molecular formula is C37H43N3O5S. The maximum atomic E-state index is 14.6. The highest BCUT2D eigenvalue weighted by Gasteiger charge is 2.35. The number of hydrogen-bond acceptors (Lipinski definition) is 5. The molecule has 0 bridgehead atoms. The molecule has 0 unspecified atom stereocenters. The Hall–Kier alpha value is -4.63. The molecule has 0 aliphatic carbocycles. The fourth-order valence-corrected chi connectivity index (χ4v) is 6.52. The van der Waals surface area contributed by atoms with Gasteiger partial charge in [0.25, 0.3) is 10.0 Å². The van der Waals surface area contributed by atoms with Crippen LogP contribution in [-0.2, 0) is 32.6 Å². The quantitative estimate of drug-likeness (QED) is 0.185. The lowest BCUT2D eigenvalue weighted by atomic mass is 10.0. The molecule has 4 aromatic carbocycles. The van der Waals surface area contributed by atoms with Gasteiger partial charge in [-0.1, -0.05) is 98.3 Å². The predicted octanol–water partition coefficient (Wildman–Crippen LogP) is 5.92. The van der Waals surface area contributed by atoms with E-state index in [1.165, 1.54) is 24.1 Å². The summed E-state index contributed by atoms with van der Waals surface area (Å²) in [6, 6.07) is 29.7. The van der Waals surface area contributed by atoms with Crippen LogP contribution in [0, 0.1) is 19.8 Å². The molecular weight excluding hydrogens is 598 g/mol. The van der Waals surface area contributed by atoms with Gasteiger partial charge in [-0.15, -0.1) is 0 Å². The van der Waals surface area contributed by atoms with Crippen LogP contribution in [0.2, 0.25) is 0 Å². The highest BCUT2D eigenvalue weighted by molar-refractivity contribution is 7.92. The molecule has 0 aromatic heterocycles. The SMILES string of the molecule is COc1ccc(C)cc1N(CC(=O)N(Cc1ccccc1)[C@H](Cc1ccccc1)C(=O)NCC(C)C)S(=O)(=O)c1ccc(C)cc1. The highest BCUT2D eigenvalue weighted by atomic mass is 32.2. The molecule has 0 spiro atoms. The Morgan fingerprint density at radius 3 is 1.98 bits per heavy atom. The molecule has 0 saturated heterocycles. The van der Waals surface area contributed by atoms with Crippen LogP contribution >= 0.6 is 0 Å². The maximum absolute atomic E-state index is 14.6. The number of methoxy groups -OCH3 is 1. The van der Waals surface area contributed by atoms with E-state index >= 15 is 0 Å². The summed E-state index contributed by atoms with van der Waals surface area (Å²) in [5, 5.41) is 3.01. The molecule has 0 aliphatic rings. The summed E-state index contributed by atoms with van der Waals surface area (Å²) in [7, 11) is -2.78. The fourth-order valence-electron chi connectivity index (χ4n) is 5.10. The topological polar surface area (TPSA) is 96.0 Å². The minimum atomic E-state index is -4.24. The maximum Gasteiger partial charge on any atom is 0.264 e. The molecule has 0 radical (unpaired) electrons. The van der Waals surface area contributed by atoms with E-state index in [1.54, 1.807) is 24.3 Å². The number of carbonyl (C=O) groups excluding carboxylic acids is 2. The van der Waals surface area contributed by atoms with Crippen molar-refractivity contribution in [1.29, 1.82) is 0 Å². The van der Waals surface area contributed by atoms with E-state index in [-0.39, 0.29) is 35.4 Å². The Labute approximate surface area is 273 Å². The summed E-state index contributed by atoms with van der Waals surface area (Å²) in [6.45, 7) is 7.72. The van der Waals surface area contributed by atoms with E-state index in [0.29, 0.717) is 12.3 Å². The van der Waals surface area contributed by atoms with Crippen molar-refractivity contribution in [1.82, 2.24) is 10.2 Å². The first kappa shape index (κ1) is 34.2. The molecule has 4 rings (SSSR count). The third kappa shape index (κ3) is 8.75. The van der Waals surface area contributed by atoms with E-state index < -0.39 is 28.5 Å². The van der Waals surface area contributed by atoms with Crippen LogP contribution in [0.3, 0.4) is 0 Å². The van der Waals surface area contributed by atoms with Gasteiger partial charge in [0.05, 0.1) is 17.7 Å². The van der Waals surface area contributed by atoms with Crippen molar-refractivity contribution in [2.45, 2.75) is 51.6 Å². The molecule has 1 atom stereocenters. The smallest absolute Gasteiger partial charge is 0.264 e. The third-order valence-corrected chi connectivity index (χ3v) is 9.42. The zero-order chi connectivity index (χ0) is 33.3. The molecule has 9 heteroatoms. The number of ether oxygens (including phenoxy) is 1. The second-order valence-electron chi connectivity index (χ2n) is 11.9. The van der Waals surface area contributed by atoms with Gasteiger partial charge >= 0.3 is 0 Å². The lowest BCUT2D eigenvalue weighted by Gasteiger charge is -2.34. The Kier molecular flexibility index (Phi) is 11.6. The van der Waals surface area contributed by atoms with Crippen LogP contribution in [0.15, 0.2) is 108 Å². The molecule has 0 saturated carbocycles. The van der Waals surface area contributed by atoms with Crippen molar-refractivity contribution in [2.75, 3.05) is 24.5 Å². The monoisotopic (exact) mass is 641 g/mol. The molecule has 2 amide bonds. The van der Waals surface area contributed by atoms with Gasteiger partial charge in [-0.05, 0) is 60.7 Å². The predicted molar refractivity (Wildman–Crippen MR) is 182 cm³/mol. The van der Waals surface area contributed by atoms with Crippen LogP contribution in [0.4, 0.5) is 5.69 Å². The second-order valence-corrected chi connectivity index (χ2v) is 13.7. The van der Waals surface area contributed by atoms with Gasteiger partial charge in [0.15, 0.2) is 0 Å². The van der Waals surface area contributed by atoms with Crippen molar-refractivity contribution in [2.24, 2.45) is 5.92 Å². The number of nitrogens with one attached hydrogen (secondary N) is 1. The largest absolute Gasteiger partial charge is 0.495 e. The summed E-state index contributed by atoms with van der Waals surface area (Å²) in [5.41, 5.74) is 3.62. The van der Waals surface area contributed by atoms with Crippen molar-refractivity contribution in [3.8, 4) is 5.75 Å². The molecule has 8 nitrogen and oxygen atoms in total. The molecule has 0 aliphatic heterocycles. The van der Waals surface area contributed by atoms with Crippen LogP contribution < -0.4 is 14.4 Å². The van der Waals surface area contributed by atoms with Gasteiger partial charge in [-0.25, -0.2) is 8.42 Å². The van der Waals surface area contributed by atoms with Crippen molar-refractivity contribution >= 4 is 27.5 Å². The summed E-state index contributed by atoms with van der Waals surface area (Å²) in [5.74, 6) is -0.325. The third-order valence-electron chi connectivity index (χ3n) is 7.64. The zero-order valence-corrected chi connectivity index (χ0v) is 28.0. The molecule has 0 fully saturated rings. The number of carbonyl (C=O) groups is 2. The van der Waals surface area contributed by atoms with Gasteiger partial charge in [0.2, 0.25) is 11.8 Å². The second kappa shape index (κ2) is 15.6. The van der Waals surface area contributed by atoms with Crippen molar-refractivity contribution < 1.29 is 22.7 Å². The van der Waals surface area contributed by atoms with E-state index in [9.17, 15) is 18.0 Å². The number of anilines is 1. The lowest BCUT2D eigenvalue weighted by molar-refractivity contribution is -0.140. The number of aryl methyl sites for hydroxylation is 2. The van der Waals surface area contributed by atoms with E-state index in [1.807, 2.05) is 94.4 Å². The summed E-state index contributed by atoms with van der Waals surface area (Å²) in [6.07, 6.45) is 0.252. The minimum absolute atomic E-state index is 0.0413. The van der Waals surface area contributed by atoms with Crippen LogP contribution in [-0.4, -0.2) is 51.4 Å². The number of rotatable bonds is 14. The molecule has 4 aromatic rings. The van der Waals surface area contributed by atoms with Crippen LogP contribution in [0.5, 0.6) is 5.75 Å². The Morgan fingerprint density at radius 1 is 0.804 bits per heavy atom. The molecule has 1 N–H and O–H groups in total. The fraction of sp³-hybridized carbons (Fsp3) is 0.297. The average molecular weight is 642 g/mol. The number of hydrogen-bond donors (Lipinski definition) is 1. The summed E-state index contributed by atoms with van der Waals surface area (Å²) >= 11 is 0. The standard InChI is InChI=1S/C37H43N3O5S/c1-27(2)24-38-37(42)34(23-30-12-8-6-9-13-30)39(25-31-14-10-7-11-15-31)36(41)26-40(33-22-29(4)18-21-35(33)45-5)46(43,44)32-19-16-28(3)17-20-32/h6-22,27,34H,23-26H2,1-5H3,(H,38,42)/t34-/m1/s1. The first-order valence-corrected chi connectivity index (χ1v) is 16.8. The number of nitrogens with zero attached hydrogens (tertiary/aromatic N) is 2. The Balaban J connectivity index is 1.83. The van der Waals surface area contributed by atoms with E-state index in [4.69, 9.17) is 4.74 Å². The van der Waals surface area contributed by atoms with Gasteiger partial charge in [0.1, 0.15) is 18.3 Å². The first-order valence-electron chi connectivity index (χ1n) is 15.4. The van der Waals surface area contributed by atoms with Gasteiger partial charge < -0.3 is 15.0 Å². The first-order chi connectivity index (χ1) is 22.0. The van der Waals surface area contributed by atoms with Gasteiger partial charge in [-0.3, -0.25) is 13.9 Å². The molecule has 0 heterocycles.